The predicted molar refractivity (Wildman–Crippen MR) is 106 cm³/mol. The van der Waals surface area contributed by atoms with Gasteiger partial charge in [-0.25, -0.2) is 8.78 Å². The Bertz CT molecular complexity index is 816. The van der Waals surface area contributed by atoms with Gasteiger partial charge in [0.15, 0.2) is 6.04 Å². The highest BCUT2D eigenvalue weighted by molar-refractivity contribution is 6.10. The van der Waals surface area contributed by atoms with Crippen LogP contribution in [0, 0.1) is 5.92 Å². The van der Waals surface area contributed by atoms with Gasteiger partial charge in [-0.15, -0.1) is 0 Å². The second-order valence-corrected chi connectivity index (χ2v) is 7.70. The number of likely N-dealkylation sites (N-methyl/N-ethyl adjacent to an activating group) is 1. The first-order valence-electron chi connectivity index (χ1n) is 9.88. The fraction of sp³-hybridized carbons (Fsp3) is 0.550. The predicted octanol–water partition coefficient (Wildman–Crippen LogP) is 1.51. The Kier molecular flexibility index (Phi) is 6.99. The Morgan fingerprint density at radius 2 is 2.10 bits per heavy atom. The maximum absolute atomic E-state index is 13.7. The van der Waals surface area contributed by atoms with Crippen molar-refractivity contribution in [2.45, 2.75) is 31.7 Å². The Morgan fingerprint density at radius 1 is 1.37 bits per heavy atom. The van der Waals surface area contributed by atoms with Gasteiger partial charge in [0.05, 0.1) is 6.61 Å². The Balaban J connectivity index is 1.78. The molecule has 0 aromatic heterocycles. The molecule has 2 fully saturated rings. The summed E-state index contributed by atoms with van der Waals surface area (Å²) in [5.74, 6) is -1.54. The van der Waals surface area contributed by atoms with Crippen molar-refractivity contribution in [2.24, 2.45) is 11.7 Å². The smallest absolute Gasteiger partial charge is 0.265 e. The summed E-state index contributed by atoms with van der Waals surface area (Å²) in [5, 5.41) is 2.42. The van der Waals surface area contributed by atoms with Gasteiger partial charge in [-0.2, -0.15) is 0 Å². The number of anilines is 2. The monoisotopic (exact) mass is 424 g/mol. The lowest BCUT2D eigenvalue weighted by Gasteiger charge is -2.33. The molecule has 0 radical (unpaired) electrons. The van der Waals surface area contributed by atoms with E-state index in [1.165, 1.54) is 23.1 Å². The maximum atomic E-state index is 13.7. The molecule has 1 atom stereocenters. The Labute approximate surface area is 173 Å². The quantitative estimate of drug-likeness (QED) is 0.616. The second kappa shape index (κ2) is 9.48. The van der Waals surface area contributed by atoms with Crippen LogP contribution in [0.3, 0.4) is 0 Å². The molecule has 164 valence electrons. The molecule has 0 spiro atoms. The van der Waals surface area contributed by atoms with Gasteiger partial charge >= 0.3 is 0 Å². The molecule has 3 N–H and O–H groups in total. The number of benzene rings is 1. The highest BCUT2D eigenvalue weighted by Crippen LogP contribution is 2.32. The highest BCUT2D eigenvalue weighted by atomic mass is 19.3. The SMILES string of the molecule is CN(CC1CCC1)[C@H](C(N)=O)C(=O)Nc1ccc(N2CCOCC2=O)cc1C(F)F. The highest BCUT2D eigenvalue weighted by Gasteiger charge is 2.32. The van der Waals surface area contributed by atoms with Crippen LogP contribution in [0.5, 0.6) is 0 Å². The second-order valence-electron chi connectivity index (χ2n) is 7.70. The molecular formula is C20H26F2N4O4. The van der Waals surface area contributed by atoms with Crippen molar-refractivity contribution in [2.75, 3.05) is 43.6 Å². The summed E-state index contributed by atoms with van der Waals surface area (Å²) in [7, 11) is 1.62. The summed E-state index contributed by atoms with van der Waals surface area (Å²) in [6.45, 7) is 0.974. The first kappa shape index (κ1) is 22.1. The zero-order chi connectivity index (χ0) is 21.8. The molecule has 1 aliphatic heterocycles. The number of amides is 3. The zero-order valence-electron chi connectivity index (χ0n) is 16.8. The normalized spacial score (nSPS) is 18.4. The number of rotatable bonds is 8. The number of nitrogens with two attached hydrogens (primary N) is 1. The molecule has 1 aromatic carbocycles. The number of nitrogens with one attached hydrogen (secondary N) is 1. The van der Waals surface area contributed by atoms with E-state index in [1.807, 2.05) is 0 Å². The lowest BCUT2D eigenvalue weighted by molar-refractivity contribution is -0.132. The number of carbonyl (C=O) groups is 3. The van der Waals surface area contributed by atoms with E-state index in [0.29, 0.717) is 24.8 Å². The van der Waals surface area contributed by atoms with Crippen molar-refractivity contribution in [3.63, 3.8) is 0 Å². The van der Waals surface area contributed by atoms with E-state index in [1.54, 1.807) is 11.9 Å². The van der Waals surface area contributed by atoms with E-state index in [4.69, 9.17) is 10.5 Å². The average molecular weight is 424 g/mol. The van der Waals surface area contributed by atoms with E-state index in [-0.39, 0.29) is 24.7 Å². The van der Waals surface area contributed by atoms with Crippen LogP contribution >= 0.6 is 0 Å². The standard InChI is InChI=1S/C20H26F2N4O4/c1-25(10-12-3-2-4-12)17(19(23)28)20(29)24-15-6-5-13(9-14(15)18(21)22)26-7-8-30-11-16(26)27/h5-6,9,12,17-18H,2-4,7-8,10-11H2,1H3,(H2,23,28)(H,24,29)/t17-/m1/s1. The Hall–Kier alpha value is -2.59. The molecule has 3 rings (SSSR count). The number of carbonyl (C=O) groups excluding carboxylic acids is 3. The van der Waals surface area contributed by atoms with E-state index < -0.39 is 29.8 Å². The number of hydrogen-bond donors (Lipinski definition) is 2. The van der Waals surface area contributed by atoms with Crippen LogP contribution in [0.1, 0.15) is 31.3 Å². The third kappa shape index (κ3) is 4.93. The molecule has 1 heterocycles. The minimum atomic E-state index is -2.89. The molecule has 0 unspecified atom stereocenters. The van der Waals surface area contributed by atoms with E-state index in [2.05, 4.69) is 5.32 Å². The number of halogens is 2. The van der Waals surface area contributed by atoms with Crippen molar-refractivity contribution < 1.29 is 27.9 Å². The van der Waals surface area contributed by atoms with Gasteiger partial charge in [-0.3, -0.25) is 19.3 Å². The largest absolute Gasteiger partial charge is 0.370 e. The van der Waals surface area contributed by atoms with Gasteiger partial charge in [0, 0.05) is 30.0 Å². The summed E-state index contributed by atoms with van der Waals surface area (Å²) in [6.07, 6.45) is 0.265. The molecule has 2 aliphatic rings. The minimum Gasteiger partial charge on any atom is -0.370 e. The van der Waals surface area contributed by atoms with Crippen molar-refractivity contribution >= 4 is 29.1 Å². The van der Waals surface area contributed by atoms with Crippen molar-refractivity contribution in [1.82, 2.24) is 4.90 Å². The number of morpholine rings is 1. The van der Waals surface area contributed by atoms with Crippen molar-refractivity contribution in [1.29, 1.82) is 0 Å². The number of hydrogen-bond acceptors (Lipinski definition) is 5. The van der Waals surface area contributed by atoms with Crippen LogP contribution in [-0.4, -0.2) is 62.0 Å². The van der Waals surface area contributed by atoms with Crippen LogP contribution in [0.25, 0.3) is 0 Å². The summed E-state index contributed by atoms with van der Waals surface area (Å²) < 4.78 is 32.4. The molecule has 30 heavy (non-hydrogen) atoms. The van der Waals surface area contributed by atoms with Crippen LogP contribution in [-0.2, 0) is 19.1 Å². The summed E-state index contributed by atoms with van der Waals surface area (Å²) in [6, 6.07) is 2.68. The van der Waals surface area contributed by atoms with Gasteiger partial charge in [0.1, 0.15) is 6.61 Å². The third-order valence-corrected chi connectivity index (χ3v) is 5.56. The van der Waals surface area contributed by atoms with Crippen LogP contribution < -0.4 is 16.0 Å². The van der Waals surface area contributed by atoms with Crippen LogP contribution in [0.15, 0.2) is 18.2 Å². The molecular weight excluding hydrogens is 398 g/mol. The summed E-state index contributed by atoms with van der Waals surface area (Å²) in [4.78, 5) is 39.5. The number of nitrogens with zero attached hydrogens (tertiary/aromatic N) is 2. The summed E-state index contributed by atoms with van der Waals surface area (Å²) in [5.41, 5.74) is 5.15. The van der Waals surface area contributed by atoms with Gasteiger partial charge in [-0.1, -0.05) is 6.42 Å². The van der Waals surface area contributed by atoms with Gasteiger partial charge in [0.2, 0.25) is 5.91 Å². The topological polar surface area (TPSA) is 105 Å². The van der Waals surface area contributed by atoms with Crippen LogP contribution in [0.4, 0.5) is 20.2 Å². The van der Waals surface area contributed by atoms with Gasteiger partial charge in [0.25, 0.3) is 18.2 Å². The first-order chi connectivity index (χ1) is 14.3. The molecule has 1 saturated heterocycles. The molecule has 1 saturated carbocycles. The molecule has 1 aromatic rings. The van der Waals surface area contributed by atoms with E-state index in [0.717, 1.165) is 19.3 Å². The van der Waals surface area contributed by atoms with Crippen molar-refractivity contribution in [3.05, 3.63) is 23.8 Å². The number of alkyl halides is 2. The lowest BCUT2D eigenvalue weighted by Crippen LogP contribution is -2.52. The van der Waals surface area contributed by atoms with Gasteiger partial charge < -0.3 is 20.7 Å². The number of primary amides is 1. The molecule has 0 bridgehead atoms. The number of ether oxygens (including phenoxy) is 1. The fourth-order valence-corrected chi connectivity index (χ4v) is 3.74. The first-order valence-corrected chi connectivity index (χ1v) is 9.88. The molecule has 8 nitrogen and oxygen atoms in total. The maximum Gasteiger partial charge on any atom is 0.265 e. The Morgan fingerprint density at radius 3 is 2.67 bits per heavy atom. The van der Waals surface area contributed by atoms with Crippen molar-refractivity contribution in [3.8, 4) is 0 Å². The molecule has 10 heteroatoms. The van der Waals surface area contributed by atoms with Crippen LogP contribution in [0.2, 0.25) is 0 Å². The lowest BCUT2D eigenvalue weighted by atomic mass is 9.85. The third-order valence-electron chi connectivity index (χ3n) is 5.56. The van der Waals surface area contributed by atoms with E-state index in [9.17, 15) is 23.2 Å². The average Bonchev–Trinajstić information content (AvgIpc) is 2.65. The summed E-state index contributed by atoms with van der Waals surface area (Å²) >= 11 is 0. The van der Waals surface area contributed by atoms with Gasteiger partial charge in [-0.05, 0) is 44.0 Å². The molecule has 3 amide bonds. The van der Waals surface area contributed by atoms with E-state index >= 15 is 0 Å². The molecule has 1 aliphatic carbocycles. The fourth-order valence-electron chi connectivity index (χ4n) is 3.74. The zero-order valence-corrected chi connectivity index (χ0v) is 16.8. The minimum absolute atomic E-state index is 0.115.